The minimum Gasteiger partial charge on any atom is -0.494 e. The second-order valence-corrected chi connectivity index (χ2v) is 3.73. The van der Waals surface area contributed by atoms with E-state index in [0.717, 1.165) is 11.4 Å². The van der Waals surface area contributed by atoms with E-state index in [9.17, 15) is 4.79 Å². The van der Waals surface area contributed by atoms with Gasteiger partial charge in [0.1, 0.15) is 11.9 Å². The largest absolute Gasteiger partial charge is 0.494 e. The Morgan fingerprint density at radius 3 is 2.62 bits per heavy atom. The summed E-state index contributed by atoms with van der Waals surface area (Å²) in [5, 5.41) is 0. The summed E-state index contributed by atoms with van der Waals surface area (Å²) in [5.74, 6) is 0.812. The average Bonchev–Trinajstić information content (AvgIpc) is 2.59. The van der Waals surface area contributed by atoms with E-state index in [1.807, 2.05) is 38.1 Å². The zero-order valence-electron chi connectivity index (χ0n) is 9.47. The molecule has 86 valence electrons. The molecule has 1 heterocycles. The summed E-state index contributed by atoms with van der Waals surface area (Å²) >= 11 is 0. The van der Waals surface area contributed by atoms with Gasteiger partial charge in [-0.05, 0) is 38.1 Å². The van der Waals surface area contributed by atoms with E-state index < -0.39 is 0 Å². The summed E-state index contributed by atoms with van der Waals surface area (Å²) in [4.78, 5) is 13.1. The molecule has 0 saturated carbocycles. The van der Waals surface area contributed by atoms with Gasteiger partial charge in [0.05, 0.1) is 13.2 Å². The summed E-state index contributed by atoms with van der Waals surface area (Å²) < 4.78 is 10.4. The van der Waals surface area contributed by atoms with Crippen LogP contribution in [0, 0.1) is 0 Å². The van der Waals surface area contributed by atoms with Crippen molar-refractivity contribution in [2.24, 2.45) is 0 Å². The molecule has 0 radical (unpaired) electrons. The molecule has 2 rings (SSSR count). The van der Waals surface area contributed by atoms with Crippen LogP contribution in [0.15, 0.2) is 24.3 Å². The first-order valence-corrected chi connectivity index (χ1v) is 5.41. The molecule has 0 aliphatic carbocycles. The highest BCUT2D eigenvalue weighted by Crippen LogP contribution is 2.23. The van der Waals surface area contributed by atoms with Crippen molar-refractivity contribution in [2.45, 2.75) is 20.0 Å². The van der Waals surface area contributed by atoms with E-state index in [4.69, 9.17) is 9.47 Å². The van der Waals surface area contributed by atoms with Crippen molar-refractivity contribution in [2.75, 3.05) is 18.1 Å². The quantitative estimate of drug-likeness (QED) is 0.786. The van der Waals surface area contributed by atoms with Crippen LogP contribution < -0.4 is 9.64 Å². The van der Waals surface area contributed by atoms with Crippen LogP contribution in [0.1, 0.15) is 13.8 Å². The second-order valence-electron chi connectivity index (χ2n) is 3.73. The summed E-state index contributed by atoms with van der Waals surface area (Å²) in [6, 6.07) is 7.44. The van der Waals surface area contributed by atoms with Crippen LogP contribution in [0.4, 0.5) is 10.5 Å². The number of ether oxygens (including phenoxy) is 2. The zero-order chi connectivity index (χ0) is 11.5. The first kappa shape index (κ1) is 10.8. The van der Waals surface area contributed by atoms with Crippen molar-refractivity contribution < 1.29 is 14.3 Å². The van der Waals surface area contributed by atoms with Crippen LogP contribution in [0.3, 0.4) is 0 Å². The minimum absolute atomic E-state index is 0.0425. The summed E-state index contributed by atoms with van der Waals surface area (Å²) in [6.45, 7) is 5.06. The van der Waals surface area contributed by atoms with Crippen molar-refractivity contribution in [3.8, 4) is 5.75 Å². The molecule has 1 fully saturated rings. The number of carbonyl (C=O) groups excluding carboxylic acids is 1. The predicted octanol–water partition coefficient (Wildman–Crippen LogP) is 2.43. The molecule has 1 aliphatic heterocycles. The maximum absolute atomic E-state index is 11.5. The normalized spacial score (nSPS) is 19.8. The predicted molar refractivity (Wildman–Crippen MR) is 60.9 cm³/mol. The molecule has 1 saturated heterocycles. The Hall–Kier alpha value is -1.71. The topological polar surface area (TPSA) is 38.8 Å². The maximum atomic E-state index is 11.5. The lowest BCUT2D eigenvalue weighted by atomic mass is 10.2. The van der Waals surface area contributed by atoms with Gasteiger partial charge in [-0.15, -0.1) is 0 Å². The van der Waals surface area contributed by atoms with Crippen LogP contribution in [0.25, 0.3) is 0 Å². The SMILES string of the molecule is CCOc1ccc(N2C[C@@H](C)OC2=O)cc1. The smallest absolute Gasteiger partial charge is 0.414 e. The molecule has 1 atom stereocenters. The number of rotatable bonds is 3. The molecule has 16 heavy (non-hydrogen) atoms. The molecular formula is C12H15NO3. The van der Waals surface area contributed by atoms with Gasteiger partial charge in [-0.1, -0.05) is 0 Å². The van der Waals surface area contributed by atoms with Crippen LogP contribution in [0.5, 0.6) is 5.75 Å². The summed E-state index contributed by atoms with van der Waals surface area (Å²) in [7, 11) is 0. The lowest BCUT2D eigenvalue weighted by molar-refractivity contribution is 0.150. The van der Waals surface area contributed by atoms with Crippen molar-refractivity contribution in [3.63, 3.8) is 0 Å². The number of cyclic esters (lactones) is 1. The number of benzene rings is 1. The number of amides is 1. The molecule has 0 N–H and O–H groups in total. The fraction of sp³-hybridized carbons (Fsp3) is 0.417. The number of nitrogens with zero attached hydrogens (tertiary/aromatic N) is 1. The van der Waals surface area contributed by atoms with Gasteiger partial charge in [0.2, 0.25) is 0 Å². The van der Waals surface area contributed by atoms with Crippen LogP contribution in [0.2, 0.25) is 0 Å². The Labute approximate surface area is 94.8 Å². The van der Waals surface area contributed by atoms with Gasteiger partial charge in [0.15, 0.2) is 0 Å². The van der Waals surface area contributed by atoms with E-state index in [2.05, 4.69) is 0 Å². The Kier molecular flexibility index (Phi) is 2.99. The minimum atomic E-state index is -0.281. The standard InChI is InChI=1S/C12H15NO3/c1-3-15-11-6-4-10(5-7-11)13-8-9(2)16-12(13)14/h4-7,9H,3,8H2,1-2H3/t9-/m1/s1. The van der Waals surface area contributed by atoms with Gasteiger partial charge in [0, 0.05) is 5.69 Å². The number of hydrogen-bond acceptors (Lipinski definition) is 3. The highest BCUT2D eigenvalue weighted by Gasteiger charge is 2.29. The number of hydrogen-bond donors (Lipinski definition) is 0. The van der Waals surface area contributed by atoms with Crippen LogP contribution >= 0.6 is 0 Å². The van der Waals surface area contributed by atoms with E-state index in [1.165, 1.54) is 0 Å². The van der Waals surface area contributed by atoms with E-state index in [-0.39, 0.29) is 12.2 Å². The average molecular weight is 221 g/mol. The molecule has 0 unspecified atom stereocenters. The molecule has 0 spiro atoms. The van der Waals surface area contributed by atoms with E-state index in [0.29, 0.717) is 13.2 Å². The molecule has 0 bridgehead atoms. The van der Waals surface area contributed by atoms with Crippen molar-refractivity contribution in [1.82, 2.24) is 0 Å². The first-order valence-electron chi connectivity index (χ1n) is 5.41. The van der Waals surface area contributed by atoms with Crippen molar-refractivity contribution in [3.05, 3.63) is 24.3 Å². The third-order valence-electron chi connectivity index (χ3n) is 2.42. The monoisotopic (exact) mass is 221 g/mol. The van der Waals surface area contributed by atoms with Gasteiger partial charge in [-0.3, -0.25) is 4.90 Å². The lowest BCUT2D eigenvalue weighted by Crippen LogP contribution is -2.23. The Balaban J connectivity index is 2.12. The Bertz CT molecular complexity index is 374. The number of carbonyl (C=O) groups is 1. The van der Waals surface area contributed by atoms with Crippen molar-refractivity contribution >= 4 is 11.8 Å². The molecule has 4 nitrogen and oxygen atoms in total. The fourth-order valence-corrected chi connectivity index (χ4v) is 1.70. The molecule has 0 aromatic heterocycles. The Morgan fingerprint density at radius 1 is 1.44 bits per heavy atom. The molecule has 1 aromatic rings. The molecular weight excluding hydrogens is 206 g/mol. The summed E-state index contributed by atoms with van der Waals surface area (Å²) in [6.07, 6.45) is -0.323. The molecule has 1 amide bonds. The zero-order valence-corrected chi connectivity index (χ0v) is 9.47. The maximum Gasteiger partial charge on any atom is 0.414 e. The second kappa shape index (κ2) is 4.43. The van der Waals surface area contributed by atoms with Gasteiger partial charge in [-0.2, -0.15) is 0 Å². The summed E-state index contributed by atoms with van der Waals surface area (Å²) in [5.41, 5.74) is 0.845. The van der Waals surface area contributed by atoms with Crippen LogP contribution in [-0.2, 0) is 4.74 Å². The molecule has 1 aromatic carbocycles. The van der Waals surface area contributed by atoms with Crippen LogP contribution in [-0.4, -0.2) is 25.3 Å². The Morgan fingerprint density at radius 2 is 2.12 bits per heavy atom. The van der Waals surface area contributed by atoms with E-state index >= 15 is 0 Å². The van der Waals surface area contributed by atoms with Gasteiger partial charge < -0.3 is 9.47 Å². The fourth-order valence-electron chi connectivity index (χ4n) is 1.70. The van der Waals surface area contributed by atoms with Gasteiger partial charge in [-0.25, -0.2) is 4.79 Å². The van der Waals surface area contributed by atoms with Crippen molar-refractivity contribution in [1.29, 1.82) is 0 Å². The molecule has 1 aliphatic rings. The third-order valence-corrected chi connectivity index (χ3v) is 2.42. The van der Waals surface area contributed by atoms with Gasteiger partial charge in [0.25, 0.3) is 0 Å². The lowest BCUT2D eigenvalue weighted by Gasteiger charge is -2.13. The highest BCUT2D eigenvalue weighted by molar-refractivity contribution is 5.89. The number of anilines is 1. The first-order chi connectivity index (χ1) is 7.70. The van der Waals surface area contributed by atoms with Gasteiger partial charge >= 0.3 is 6.09 Å². The van der Waals surface area contributed by atoms with E-state index in [1.54, 1.807) is 4.90 Å². The highest BCUT2D eigenvalue weighted by atomic mass is 16.6. The third kappa shape index (κ3) is 2.10. The molecule has 4 heteroatoms.